The molecule has 1 aromatic heterocycles. The van der Waals surface area contributed by atoms with Crippen molar-refractivity contribution in [2.24, 2.45) is 0 Å². The highest BCUT2D eigenvalue weighted by atomic mass is 35.5. The molecule has 0 unspecified atom stereocenters. The average molecular weight is 341 g/mol. The Morgan fingerprint density at radius 2 is 1.91 bits per heavy atom. The maximum absolute atomic E-state index is 13.5. The summed E-state index contributed by atoms with van der Waals surface area (Å²) in [5, 5.41) is 7.16. The Labute approximate surface area is 136 Å². The molecule has 116 valence electrons. The van der Waals surface area contributed by atoms with Crippen LogP contribution in [0.3, 0.4) is 0 Å². The Morgan fingerprint density at radius 1 is 1.14 bits per heavy atom. The van der Waals surface area contributed by atoms with Crippen LogP contribution in [0.1, 0.15) is 15.2 Å². The maximum Gasteiger partial charge on any atom is 0.255 e. The monoisotopic (exact) mass is 340 g/mol. The number of amides is 2. The van der Waals surface area contributed by atoms with E-state index in [4.69, 9.17) is 11.6 Å². The van der Waals surface area contributed by atoms with Crippen LogP contribution >= 0.6 is 22.9 Å². The van der Waals surface area contributed by atoms with Crippen molar-refractivity contribution in [1.29, 1.82) is 0 Å². The Hall–Kier alpha value is -1.92. The Balaban J connectivity index is 1.74. The number of nitrogens with one attached hydrogen (secondary N) is 2. The molecule has 0 aliphatic heterocycles. The molecule has 7 heteroatoms. The van der Waals surface area contributed by atoms with Gasteiger partial charge < -0.3 is 10.6 Å². The first-order chi connectivity index (χ1) is 10.6. The second-order valence-electron chi connectivity index (χ2n) is 4.46. The standard InChI is InChI=1S/C15H14ClFN2O2S/c16-11-4-1-5-12(17)14(11)15(21)19-7-6-18-13(20)9-10-3-2-8-22-10/h1-5,8H,6-7,9H2,(H,18,20)(H,19,21). The molecule has 2 amide bonds. The predicted octanol–water partition coefficient (Wildman–Crippen LogP) is 2.63. The van der Waals surface area contributed by atoms with Gasteiger partial charge >= 0.3 is 0 Å². The molecule has 0 aliphatic carbocycles. The van der Waals surface area contributed by atoms with Crippen molar-refractivity contribution in [1.82, 2.24) is 10.6 Å². The number of thiophene rings is 1. The number of benzene rings is 1. The summed E-state index contributed by atoms with van der Waals surface area (Å²) in [5.41, 5.74) is -0.186. The summed E-state index contributed by atoms with van der Waals surface area (Å²) in [6.07, 6.45) is 0.310. The third-order valence-electron chi connectivity index (χ3n) is 2.84. The fourth-order valence-corrected chi connectivity index (χ4v) is 2.77. The first-order valence-corrected chi connectivity index (χ1v) is 7.85. The first-order valence-electron chi connectivity index (χ1n) is 6.59. The van der Waals surface area contributed by atoms with E-state index in [0.717, 1.165) is 4.88 Å². The molecule has 0 fully saturated rings. The summed E-state index contributed by atoms with van der Waals surface area (Å²) >= 11 is 7.31. The Bertz CT molecular complexity index is 641. The van der Waals surface area contributed by atoms with Crippen LogP contribution in [-0.2, 0) is 11.2 Å². The van der Waals surface area contributed by atoms with E-state index < -0.39 is 11.7 Å². The van der Waals surface area contributed by atoms with Crippen LogP contribution in [-0.4, -0.2) is 24.9 Å². The molecule has 0 atom stereocenters. The van der Waals surface area contributed by atoms with E-state index in [2.05, 4.69) is 10.6 Å². The predicted molar refractivity (Wildman–Crippen MR) is 84.8 cm³/mol. The zero-order valence-electron chi connectivity index (χ0n) is 11.6. The molecule has 0 radical (unpaired) electrons. The minimum atomic E-state index is -0.674. The molecule has 22 heavy (non-hydrogen) atoms. The van der Waals surface area contributed by atoms with Crippen molar-refractivity contribution >= 4 is 34.8 Å². The van der Waals surface area contributed by atoms with Crippen molar-refractivity contribution in [3.63, 3.8) is 0 Å². The second kappa shape index (κ2) is 7.91. The SMILES string of the molecule is O=C(Cc1cccs1)NCCNC(=O)c1c(F)cccc1Cl. The lowest BCUT2D eigenvalue weighted by Crippen LogP contribution is -2.35. The van der Waals surface area contributed by atoms with Crippen molar-refractivity contribution in [3.05, 3.63) is 57.0 Å². The van der Waals surface area contributed by atoms with Gasteiger partial charge in [0.15, 0.2) is 0 Å². The summed E-state index contributed by atoms with van der Waals surface area (Å²) in [5.74, 6) is -1.40. The van der Waals surface area contributed by atoms with Gasteiger partial charge in [0.05, 0.1) is 17.0 Å². The highest BCUT2D eigenvalue weighted by Crippen LogP contribution is 2.18. The van der Waals surface area contributed by atoms with E-state index in [-0.39, 0.29) is 29.6 Å². The molecule has 0 spiro atoms. The molecule has 0 aliphatic rings. The van der Waals surface area contributed by atoms with E-state index in [0.29, 0.717) is 6.42 Å². The van der Waals surface area contributed by atoms with E-state index in [1.807, 2.05) is 17.5 Å². The fourth-order valence-electron chi connectivity index (χ4n) is 1.81. The van der Waals surface area contributed by atoms with Crippen LogP contribution in [0.5, 0.6) is 0 Å². The van der Waals surface area contributed by atoms with Crippen LogP contribution in [0.25, 0.3) is 0 Å². The third kappa shape index (κ3) is 4.54. The van der Waals surface area contributed by atoms with Gasteiger partial charge in [-0.1, -0.05) is 23.7 Å². The van der Waals surface area contributed by atoms with E-state index in [9.17, 15) is 14.0 Å². The molecule has 0 bridgehead atoms. The summed E-state index contributed by atoms with van der Waals surface area (Å²) < 4.78 is 13.5. The van der Waals surface area contributed by atoms with Crippen LogP contribution in [0, 0.1) is 5.82 Å². The number of carbonyl (C=O) groups is 2. The van der Waals surface area contributed by atoms with Crippen molar-refractivity contribution in [2.45, 2.75) is 6.42 Å². The topological polar surface area (TPSA) is 58.2 Å². The van der Waals surface area contributed by atoms with Crippen molar-refractivity contribution in [3.8, 4) is 0 Å². The quantitative estimate of drug-likeness (QED) is 0.794. The summed E-state index contributed by atoms with van der Waals surface area (Å²) in [4.78, 5) is 24.4. The normalized spacial score (nSPS) is 10.3. The molecule has 4 nitrogen and oxygen atoms in total. The van der Waals surface area contributed by atoms with Gasteiger partial charge in [0.2, 0.25) is 5.91 Å². The lowest BCUT2D eigenvalue weighted by Gasteiger charge is -2.08. The van der Waals surface area contributed by atoms with Gasteiger partial charge in [-0.2, -0.15) is 0 Å². The van der Waals surface area contributed by atoms with Gasteiger partial charge in [-0.3, -0.25) is 9.59 Å². The van der Waals surface area contributed by atoms with Crippen LogP contribution in [0.2, 0.25) is 5.02 Å². The van der Waals surface area contributed by atoms with E-state index >= 15 is 0 Å². The Morgan fingerprint density at radius 3 is 2.59 bits per heavy atom. The zero-order valence-corrected chi connectivity index (χ0v) is 13.1. The summed E-state index contributed by atoms with van der Waals surface area (Å²) in [6.45, 7) is 0.460. The molecule has 1 heterocycles. The number of hydrogen-bond acceptors (Lipinski definition) is 3. The minimum Gasteiger partial charge on any atom is -0.354 e. The maximum atomic E-state index is 13.5. The molecular formula is C15H14ClFN2O2S. The summed E-state index contributed by atoms with van der Waals surface area (Å²) in [6, 6.07) is 7.81. The molecule has 2 N–H and O–H groups in total. The van der Waals surface area contributed by atoms with Gasteiger partial charge in [0.25, 0.3) is 5.91 Å². The largest absolute Gasteiger partial charge is 0.354 e. The minimum absolute atomic E-state index is 0.0548. The van der Waals surface area contributed by atoms with Gasteiger partial charge in [-0.05, 0) is 23.6 Å². The van der Waals surface area contributed by atoms with Gasteiger partial charge in [-0.15, -0.1) is 11.3 Å². The van der Waals surface area contributed by atoms with Crippen LogP contribution < -0.4 is 10.6 Å². The zero-order chi connectivity index (χ0) is 15.9. The van der Waals surface area contributed by atoms with Gasteiger partial charge in [0.1, 0.15) is 5.82 Å². The molecule has 1 aromatic carbocycles. The summed E-state index contributed by atoms with van der Waals surface area (Å²) in [7, 11) is 0. The molecule has 2 rings (SSSR count). The highest BCUT2D eigenvalue weighted by Gasteiger charge is 2.15. The van der Waals surface area contributed by atoms with Crippen molar-refractivity contribution in [2.75, 3.05) is 13.1 Å². The highest BCUT2D eigenvalue weighted by molar-refractivity contribution is 7.10. The van der Waals surface area contributed by atoms with Gasteiger partial charge in [-0.25, -0.2) is 4.39 Å². The van der Waals surface area contributed by atoms with E-state index in [1.165, 1.54) is 29.5 Å². The van der Waals surface area contributed by atoms with Crippen molar-refractivity contribution < 1.29 is 14.0 Å². The Kier molecular flexibility index (Phi) is 5.91. The lowest BCUT2D eigenvalue weighted by atomic mass is 10.2. The van der Waals surface area contributed by atoms with Gasteiger partial charge in [0, 0.05) is 18.0 Å². The fraction of sp³-hybridized carbons (Fsp3) is 0.200. The molecule has 0 saturated carbocycles. The van der Waals surface area contributed by atoms with Crippen LogP contribution in [0.15, 0.2) is 35.7 Å². The molecule has 0 saturated heterocycles. The lowest BCUT2D eigenvalue weighted by molar-refractivity contribution is -0.120. The number of halogens is 2. The molecule has 2 aromatic rings. The number of rotatable bonds is 6. The van der Waals surface area contributed by atoms with Crippen LogP contribution in [0.4, 0.5) is 4.39 Å². The first kappa shape index (κ1) is 16.5. The second-order valence-corrected chi connectivity index (χ2v) is 5.90. The average Bonchev–Trinajstić information content (AvgIpc) is 2.96. The number of carbonyl (C=O) groups excluding carboxylic acids is 2. The third-order valence-corrected chi connectivity index (χ3v) is 4.03. The smallest absolute Gasteiger partial charge is 0.255 e. The molecular weight excluding hydrogens is 327 g/mol. The van der Waals surface area contributed by atoms with E-state index in [1.54, 1.807) is 0 Å². The number of hydrogen-bond donors (Lipinski definition) is 2.